The highest BCUT2D eigenvalue weighted by molar-refractivity contribution is 5.88. The van der Waals surface area contributed by atoms with E-state index in [0.29, 0.717) is 0 Å². The van der Waals surface area contributed by atoms with Crippen LogP contribution in [0.4, 0.5) is 0 Å². The third-order valence-electron chi connectivity index (χ3n) is 2.99. The number of allylic oxidation sites excluding steroid dienone is 1. The van der Waals surface area contributed by atoms with Crippen molar-refractivity contribution in [1.29, 1.82) is 0 Å². The van der Waals surface area contributed by atoms with Gasteiger partial charge in [0.25, 0.3) is 0 Å². The zero-order valence-corrected chi connectivity index (χ0v) is 9.82. The van der Waals surface area contributed by atoms with Crippen molar-refractivity contribution in [2.24, 2.45) is 11.1 Å². The molecule has 2 N–H and O–H groups in total. The molecule has 1 aliphatic rings. The first kappa shape index (κ1) is 12.2. The van der Waals surface area contributed by atoms with Crippen LogP contribution in [0.15, 0.2) is 16.8 Å². The van der Waals surface area contributed by atoms with Crippen LogP contribution in [0.5, 0.6) is 0 Å². The molecule has 1 aliphatic carbocycles. The van der Waals surface area contributed by atoms with Crippen LogP contribution in [0, 0.1) is 5.92 Å². The second-order valence-corrected chi connectivity index (χ2v) is 4.84. The summed E-state index contributed by atoms with van der Waals surface area (Å²) < 4.78 is 0. The molecular weight excluding hydrogens is 190 g/mol. The summed E-state index contributed by atoms with van der Waals surface area (Å²) in [6.07, 6.45) is 5.70. The highest BCUT2D eigenvalue weighted by Crippen LogP contribution is 2.32. The molecule has 1 fully saturated rings. The van der Waals surface area contributed by atoms with Crippen molar-refractivity contribution in [3.63, 3.8) is 0 Å². The molecule has 86 valence electrons. The Hall–Kier alpha value is -0.830. The maximum atomic E-state index is 10.3. The van der Waals surface area contributed by atoms with Crippen LogP contribution in [-0.4, -0.2) is 21.6 Å². The SMILES string of the molecule is CC(C)=CC(C)(O)C1CCCC/C1=N\O. The molecule has 2 atom stereocenters. The fraction of sp³-hybridized carbons (Fsp3) is 0.750. The average Bonchev–Trinajstić information content (AvgIpc) is 2.16. The molecule has 0 aromatic heterocycles. The van der Waals surface area contributed by atoms with Crippen LogP contribution in [-0.2, 0) is 0 Å². The Labute approximate surface area is 91.5 Å². The van der Waals surface area contributed by atoms with E-state index < -0.39 is 5.60 Å². The Morgan fingerprint density at radius 3 is 2.67 bits per heavy atom. The first-order valence-corrected chi connectivity index (χ1v) is 5.56. The van der Waals surface area contributed by atoms with Crippen molar-refractivity contribution in [3.8, 4) is 0 Å². The minimum atomic E-state index is -0.888. The molecule has 0 bridgehead atoms. The normalized spacial score (nSPS) is 28.5. The van der Waals surface area contributed by atoms with Gasteiger partial charge >= 0.3 is 0 Å². The predicted octanol–water partition coefficient (Wildman–Crippen LogP) is 2.72. The lowest BCUT2D eigenvalue weighted by atomic mass is 9.76. The van der Waals surface area contributed by atoms with E-state index >= 15 is 0 Å². The molecule has 0 aromatic carbocycles. The molecule has 0 spiro atoms. The average molecular weight is 211 g/mol. The van der Waals surface area contributed by atoms with E-state index in [2.05, 4.69) is 5.16 Å². The number of nitrogens with zero attached hydrogens (tertiary/aromatic N) is 1. The lowest BCUT2D eigenvalue weighted by Crippen LogP contribution is -2.40. The maximum Gasteiger partial charge on any atom is 0.0883 e. The summed E-state index contributed by atoms with van der Waals surface area (Å²) in [6.45, 7) is 5.72. The number of rotatable bonds is 2. The van der Waals surface area contributed by atoms with Gasteiger partial charge in [-0.3, -0.25) is 0 Å². The lowest BCUT2D eigenvalue weighted by molar-refractivity contribution is 0.0642. The lowest BCUT2D eigenvalue weighted by Gasteiger charge is -2.34. The minimum Gasteiger partial charge on any atom is -0.411 e. The summed E-state index contributed by atoms with van der Waals surface area (Å²) in [5, 5.41) is 22.6. The largest absolute Gasteiger partial charge is 0.411 e. The summed E-state index contributed by atoms with van der Waals surface area (Å²) in [5.41, 5.74) is 0.937. The van der Waals surface area contributed by atoms with Crippen molar-refractivity contribution in [3.05, 3.63) is 11.6 Å². The summed E-state index contributed by atoms with van der Waals surface area (Å²) >= 11 is 0. The van der Waals surface area contributed by atoms with Crippen LogP contribution >= 0.6 is 0 Å². The van der Waals surface area contributed by atoms with E-state index in [4.69, 9.17) is 5.21 Å². The van der Waals surface area contributed by atoms with Gasteiger partial charge in [-0.15, -0.1) is 0 Å². The van der Waals surface area contributed by atoms with Gasteiger partial charge < -0.3 is 10.3 Å². The number of hydrogen-bond acceptors (Lipinski definition) is 3. The second kappa shape index (κ2) is 4.79. The molecule has 1 saturated carbocycles. The second-order valence-electron chi connectivity index (χ2n) is 4.84. The van der Waals surface area contributed by atoms with E-state index in [1.807, 2.05) is 19.9 Å². The van der Waals surface area contributed by atoms with E-state index in [-0.39, 0.29) is 5.92 Å². The van der Waals surface area contributed by atoms with E-state index in [1.54, 1.807) is 6.92 Å². The quantitative estimate of drug-likeness (QED) is 0.419. The van der Waals surface area contributed by atoms with Gasteiger partial charge in [0.15, 0.2) is 0 Å². The van der Waals surface area contributed by atoms with E-state index in [0.717, 1.165) is 37.0 Å². The summed E-state index contributed by atoms with van der Waals surface area (Å²) in [6, 6.07) is 0. The molecule has 1 rings (SSSR count). The zero-order chi connectivity index (χ0) is 11.5. The van der Waals surface area contributed by atoms with Crippen molar-refractivity contribution >= 4 is 5.71 Å². The fourth-order valence-corrected chi connectivity index (χ4v) is 2.43. The third kappa shape index (κ3) is 3.06. The van der Waals surface area contributed by atoms with Gasteiger partial charge in [-0.05, 0) is 40.0 Å². The molecule has 3 nitrogen and oxygen atoms in total. The maximum absolute atomic E-state index is 10.3. The molecule has 0 aromatic rings. The van der Waals surface area contributed by atoms with E-state index in [1.165, 1.54) is 0 Å². The Morgan fingerprint density at radius 2 is 2.13 bits per heavy atom. The van der Waals surface area contributed by atoms with Crippen molar-refractivity contribution in [2.45, 2.75) is 52.1 Å². The zero-order valence-electron chi connectivity index (χ0n) is 9.82. The molecular formula is C12H21NO2. The van der Waals surface area contributed by atoms with Gasteiger partial charge in [0.05, 0.1) is 11.3 Å². The number of oxime groups is 1. The summed E-state index contributed by atoms with van der Waals surface area (Å²) in [4.78, 5) is 0. The highest BCUT2D eigenvalue weighted by atomic mass is 16.4. The molecule has 2 unspecified atom stereocenters. The van der Waals surface area contributed by atoms with E-state index in [9.17, 15) is 5.11 Å². The molecule has 3 heteroatoms. The third-order valence-corrected chi connectivity index (χ3v) is 2.99. The van der Waals surface area contributed by atoms with Gasteiger partial charge in [-0.1, -0.05) is 23.2 Å². The van der Waals surface area contributed by atoms with Gasteiger partial charge in [-0.25, -0.2) is 0 Å². The molecule has 0 aliphatic heterocycles. The number of aliphatic hydroxyl groups is 1. The standard InChI is InChI=1S/C12H21NO2/c1-9(2)8-12(3,14)10-6-4-5-7-11(10)13-15/h8,10,14-15H,4-7H2,1-3H3/b13-11+. The van der Waals surface area contributed by atoms with Crippen molar-refractivity contribution in [1.82, 2.24) is 0 Å². The smallest absolute Gasteiger partial charge is 0.0883 e. The topological polar surface area (TPSA) is 52.8 Å². The van der Waals surface area contributed by atoms with Gasteiger partial charge in [-0.2, -0.15) is 0 Å². The van der Waals surface area contributed by atoms with Gasteiger partial charge in [0, 0.05) is 5.92 Å². The van der Waals surface area contributed by atoms with Crippen LogP contribution in [0.3, 0.4) is 0 Å². The molecule has 0 heterocycles. The minimum absolute atomic E-state index is 0.0360. The Kier molecular flexibility index (Phi) is 3.91. The monoisotopic (exact) mass is 211 g/mol. The van der Waals surface area contributed by atoms with Gasteiger partial charge in [0.1, 0.15) is 0 Å². The summed E-state index contributed by atoms with van der Waals surface area (Å²) in [5.74, 6) is -0.0360. The number of hydrogen-bond donors (Lipinski definition) is 2. The van der Waals surface area contributed by atoms with Crippen LogP contribution in [0.1, 0.15) is 46.5 Å². The fourth-order valence-electron chi connectivity index (χ4n) is 2.43. The molecule has 0 saturated heterocycles. The van der Waals surface area contributed by atoms with Crippen LogP contribution in [0.25, 0.3) is 0 Å². The van der Waals surface area contributed by atoms with Crippen molar-refractivity contribution < 1.29 is 10.3 Å². The molecule has 0 amide bonds. The van der Waals surface area contributed by atoms with Crippen molar-refractivity contribution in [2.75, 3.05) is 0 Å². The Balaban J connectivity index is 2.88. The molecule has 15 heavy (non-hydrogen) atoms. The predicted molar refractivity (Wildman–Crippen MR) is 61.2 cm³/mol. The van der Waals surface area contributed by atoms with Gasteiger partial charge in [0.2, 0.25) is 0 Å². The van der Waals surface area contributed by atoms with Crippen LogP contribution in [0.2, 0.25) is 0 Å². The van der Waals surface area contributed by atoms with Crippen LogP contribution < -0.4 is 0 Å². The first-order valence-electron chi connectivity index (χ1n) is 5.56. The Morgan fingerprint density at radius 1 is 1.47 bits per heavy atom. The highest BCUT2D eigenvalue weighted by Gasteiger charge is 2.35. The Bertz CT molecular complexity index is 275. The molecule has 0 radical (unpaired) electrons. The first-order chi connectivity index (χ1) is 6.97. The summed E-state index contributed by atoms with van der Waals surface area (Å²) in [7, 11) is 0.